The maximum absolute atomic E-state index is 13.6. The lowest BCUT2D eigenvalue weighted by Crippen LogP contribution is -2.41. The van der Waals surface area contributed by atoms with Crippen molar-refractivity contribution in [1.82, 2.24) is 0 Å². The smallest absolute Gasteiger partial charge is 0.336 e. The Bertz CT molecular complexity index is 1090. The number of ketones is 1. The first-order valence-corrected chi connectivity index (χ1v) is 11.7. The van der Waals surface area contributed by atoms with Crippen molar-refractivity contribution in [2.75, 3.05) is 13.7 Å². The number of hydrogen-bond donors (Lipinski definition) is 0. The second-order valence-electron chi connectivity index (χ2n) is 8.77. The summed E-state index contributed by atoms with van der Waals surface area (Å²) < 4.78 is 11.2. The van der Waals surface area contributed by atoms with E-state index in [2.05, 4.69) is 19.1 Å². The Labute approximate surface area is 195 Å². The van der Waals surface area contributed by atoms with Gasteiger partial charge in [-0.25, -0.2) is 4.79 Å². The van der Waals surface area contributed by atoms with Crippen LogP contribution in [0.5, 0.6) is 5.75 Å². The molecule has 2 aromatic carbocycles. The number of ether oxygens (including phenoxy) is 2. The van der Waals surface area contributed by atoms with Gasteiger partial charge in [0.1, 0.15) is 11.5 Å². The Morgan fingerprint density at radius 2 is 1.76 bits per heavy atom. The molecule has 5 nitrogen and oxygen atoms in total. The zero-order valence-electron chi connectivity index (χ0n) is 19.5. The predicted molar refractivity (Wildman–Crippen MR) is 129 cm³/mol. The van der Waals surface area contributed by atoms with E-state index in [-0.39, 0.29) is 11.7 Å². The van der Waals surface area contributed by atoms with Crippen LogP contribution >= 0.6 is 0 Å². The van der Waals surface area contributed by atoms with E-state index >= 15 is 0 Å². The van der Waals surface area contributed by atoms with E-state index in [4.69, 9.17) is 14.5 Å². The first-order valence-electron chi connectivity index (χ1n) is 11.7. The number of unbranched alkanes of at least 4 members (excludes halogenated alkanes) is 1. The van der Waals surface area contributed by atoms with Gasteiger partial charge in [0.15, 0.2) is 0 Å². The number of allylic oxidation sites excluding steroid dienone is 1. The largest absolute Gasteiger partial charge is 0.493 e. The Hall–Kier alpha value is -3.21. The number of benzene rings is 2. The van der Waals surface area contributed by atoms with Crippen molar-refractivity contribution in [3.8, 4) is 5.75 Å². The first-order chi connectivity index (χ1) is 16.0. The van der Waals surface area contributed by atoms with Gasteiger partial charge < -0.3 is 9.47 Å². The molecule has 0 amide bonds. The number of nitrogens with zero attached hydrogens (tertiary/aromatic N) is 1. The number of carbonyl (C=O) groups excluding carboxylic acids is 2. The number of rotatable bonds is 7. The fourth-order valence-corrected chi connectivity index (χ4v) is 5.04. The third kappa shape index (κ3) is 4.63. The fraction of sp³-hybridized carbons (Fsp3) is 0.393. The summed E-state index contributed by atoms with van der Waals surface area (Å²) in [6.45, 7) is 4.54. The van der Waals surface area contributed by atoms with Crippen molar-refractivity contribution in [3.05, 3.63) is 77.0 Å². The monoisotopic (exact) mass is 445 g/mol. The van der Waals surface area contributed by atoms with Gasteiger partial charge in [0.05, 0.1) is 25.2 Å². The van der Waals surface area contributed by atoms with E-state index in [9.17, 15) is 9.59 Å². The number of aliphatic imine (C=N–C) groups is 1. The maximum atomic E-state index is 13.6. The minimum Gasteiger partial charge on any atom is -0.493 e. The van der Waals surface area contributed by atoms with E-state index in [0.717, 1.165) is 29.7 Å². The molecule has 3 atom stereocenters. The summed E-state index contributed by atoms with van der Waals surface area (Å²) in [6, 6.07) is 17.8. The van der Waals surface area contributed by atoms with Gasteiger partial charge in [-0.1, -0.05) is 61.9 Å². The summed E-state index contributed by atoms with van der Waals surface area (Å²) in [5.41, 5.74) is 3.90. The lowest BCUT2D eigenvalue weighted by atomic mass is 9.66. The van der Waals surface area contributed by atoms with Crippen LogP contribution in [0.2, 0.25) is 0 Å². The first kappa shape index (κ1) is 23.0. The van der Waals surface area contributed by atoms with Crippen LogP contribution < -0.4 is 4.74 Å². The van der Waals surface area contributed by atoms with E-state index in [0.29, 0.717) is 36.5 Å². The number of Topliss-reactive ketones (excluding diaryl/α,β-unsaturated/α-hetero) is 1. The molecule has 5 heteroatoms. The molecule has 0 aromatic heterocycles. The third-order valence-corrected chi connectivity index (χ3v) is 6.64. The summed E-state index contributed by atoms with van der Waals surface area (Å²) in [5, 5.41) is 0. The molecule has 4 rings (SSSR count). The minimum atomic E-state index is -0.487. The molecule has 1 aliphatic heterocycles. The fourth-order valence-electron chi connectivity index (χ4n) is 5.04. The Morgan fingerprint density at radius 1 is 1.03 bits per heavy atom. The van der Waals surface area contributed by atoms with Crippen LogP contribution in [0.25, 0.3) is 0 Å². The standard InChI is InChI=1S/C28H31NO4/c1-4-5-15-33-24-14-10-9-13-21(24)26-25(28(31)32-3)18(2)29-22-16-20(17-23(30)27(22)26)19-11-7-6-8-12-19/h6-14,20,26-27H,4-5,15-17H2,1-3H3/t20-,26+,27?/m1/s1. The second kappa shape index (κ2) is 10.2. The molecule has 172 valence electrons. The summed E-state index contributed by atoms with van der Waals surface area (Å²) in [5.74, 6) is -0.481. The molecule has 1 unspecified atom stereocenters. The Balaban J connectivity index is 1.78. The average Bonchev–Trinajstić information content (AvgIpc) is 2.83. The Morgan fingerprint density at radius 3 is 2.48 bits per heavy atom. The van der Waals surface area contributed by atoms with Crippen LogP contribution in [-0.2, 0) is 14.3 Å². The molecule has 2 aliphatic rings. The Kier molecular flexibility index (Phi) is 7.07. The highest BCUT2D eigenvalue weighted by molar-refractivity contribution is 6.12. The van der Waals surface area contributed by atoms with Crippen LogP contribution in [0.3, 0.4) is 0 Å². The molecule has 0 saturated heterocycles. The van der Waals surface area contributed by atoms with E-state index in [1.165, 1.54) is 7.11 Å². The number of methoxy groups -OCH3 is 1. The van der Waals surface area contributed by atoms with Crippen LogP contribution in [-0.4, -0.2) is 31.2 Å². The van der Waals surface area contributed by atoms with E-state index in [1.807, 2.05) is 49.4 Å². The molecular formula is C28H31NO4. The van der Waals surface area contributed by atoms with Crippen LogP contribution in [0.15, 0.2) is 70.9 Å². The van der Waals surface area contributed by atoms with Gasteiger partial charge in [-0.05, 0) is 37.3 Å². The van der Waals surface area contributed by atoms with Crippen molar-refractivity contribution < 1.29 is 19.1 Å². The van der Waals surface area contributed by atoms with Crippen molar-refractivity contribution >= 4 is 17.5 Å². The van der Waals surface area contributed by atoms with E-state index < -0.39 is 17.8 Å². The predicted octanol–water partition coefficient (Wildman–Crippen LogP) is 5.61. The minimum absolute atomic E-state index is 0.0953. The molecule has 1 aliphatic carbocycles. The number of hydrogen-bond acceptors (Lipinski definition) is 5. The van der Waals surface area contributed by atoms with Crippen LogP contribution in [0.4, 0.5) is 0 Å². The summed E-state index contributed by atoms with van der Waals surface area (Å²) in [7, 11) is 1.37. The summed E-state index contributed by atoms with van der Waals surface area (Å²) >= 11 is 0. The number of carbonyl (C=O) groups is 2. The van der Waals surface area contributed by atoms with Crippen LogP contribution in [0, 0.1) is 5.92 Å². The molecule has 0 spiro atoms. The molecule has 1 heterocycles. The van der Waals surface area contributed by atoms with Crippen LogP contribution in [0.1, 0.15) is 62.5 Å². The molecule has 2 aromatic rings. The molecule has 0 radical (unpaired) electrons. The topological polar surface area (TPSA) is 65.0 Å². The van der Waals surface area contributed by atoms with Gasteiger partial charge in [0.2, 0.25) is 0 Å². The van der Waals surface area contributed by atoms with Gasteiger partial charge in [0, 0.05) is 29.3 Å². The summed E-state index contributed by atoms with van der Waals surface area (Å²) in [4.78, 5) is 31.3. The average molecular weight is 446 g/mol. The molecule has 1 fully saturated rings. The zero-order chi connectivity index (χ0) is 23.4. The second-order valence-corrected chi connectivity index (χ2v) is 8.77. The van der Waals surface area contributed by atoms with Gasteiger partial charge in [0.25, 0.3) is 0 Å². The molecule has 0 bridgehead atoms. The van der Waals surface area contributed by atoms with Gasteiger partial charge in [-0.15, -0.1) is 0 Å². The van der Waals surface area contributed by atoms with Gasteiger partial charge in [-0.3, -0.25) is 9.79 Å². The molecule has 33 heavy (non-hydrogen) atoms. The maximum Gasteiger partial charge on any atom is 0.336 e. The van der Waals surface area contributed by atoms with Crippen molar-refractivity contribution in [3.63, 3.8) is 0 Å². The zero-order valence-corrected chi connectivity index (χ0v) is 19.5. The molecule has 0 N–H and O–H groups in total. The highest BCUT2D eigenvalue weighted by atomic mass is 16.5. The normalized spacial score (nSPS) is 22.5. The molecule has 1 saturated carbocycles. The number of para-hydroxylation sites is 1. The van der Waals surface area contributed by atoms with Crippen molar-refractivity contribution in [2.24, 2.45) is 10.9 Å². The number of esters is 1. The SMILES string of the molecule is CCCCOc1ccccc1[C@H]1C(C(=O)OC)=C(C)N=C2C[C@@H](c3ccccc3)CC(=O)C21. The van der Waals surface area contributed by atoms with Crippen molar-refractivity contribution in [1.29, 1.82) is 0 Å². The van der Waals surface area contributed by atoms with Crippen molar-refractivity contribution in [2.45, 2.75) is 51.4 Å². The lowest BCUT2D eigenvalue weighted by molar-refractivity contribution is -0.136. The highest BCUT2D eigenvalue weighted by Crippen LogP contribution is 2.47. The third-order valence-electron chi connectivity index (χ3n) is 6.64. The van der Waals surface area contributed by atoms with Gasteiger partial charge >= 0.3 is 5.97 Å². The van der Waals surface area contributed by atoms with Gasteiger partial charge in [-0.2, -0.15) is 0 Å². The quantitative estimate of drug-likeness (QED) is 0.410. The lowest BCUT2D eigenvalue weighted by Gasteiger charge is -2.38. The highest BCUT2D eigenvalue weighted by Gasteiger charge is 2.46. The summed E-state index contributed by atoms with van der Waals surface area (Å²) in [6.07, 6.45) is 3.08. The molecular weight excluding hydrogens is 414 g/mol. The number of fused-ring (bicyclic) bond motifs is 1. The van der Waals surface area contributed by atoms with E-state index in [1.54, 1.807) is 0 Å².